The van der Waals surface area contributed by atoms with Crippen LogP contribution in [0.15, 0.2) is 42.5 Å². The molecule has 1 N–H and O–H groups in total. The topological polar surface area (TPSA) is 92.6 Å². The molecule has 0 saturated carbocycles. The maximum Gasteiger partial charge on any atom is 0.292 e. The number of nitrogens with one attached hydrogen (secondary N) is 1. The second kappa shape index (κ2) is 8.63. The fourth-order valence-electron chi connectivity index (χ4n) is 2.00. The van der Waals surface area contributed by atoms with Crippen LogP contribution in [0.1, 0.15) is 0 Å². The lowest BCUT2D eigenvalue weighted by Gasteiger charge is -2.17. The lowest BCUT2D eigenvalue weighted by atomic mass is 10.2. The molecule has 0 aromatic heterocycles. The molecule has 0 fully saturated rings. The number of amides is 2. The number of carbonyl (C=O) groups is 2. The number of para-hydroxylation sites is 2. The number of carbonyl (C=O) groups excluding carboxylic acids is 2. The Morgan fingerprint density at radius 3 is 2.65 bits per heavy atom. The molecule has 0 atom stereocenters. The maximum absolute atomic E-state index is 13.9. The van der Waals surface area contributed by atoms with Gasteiger partial charge in [-0.3, -0.25) is 19.7 Å². The molecule has 0 unspecified atom stereocenters. The van der Waals surface area contributed by atoms with Crippen LogP contribution >= 0.6 is 23.4 Å². The van der Waals surface area contributed by atoms with Crippen molar-refractivity contribution < 1.29 is 18.9 Å². The summed E-state index contributed by atoms with van der Waals surface area (Å²) in [6.07, 6.45) is 0. The van der Waals surface area contributed by atoms with E-state index in [1.54, 1.807) is 0 Å². The van der Waals surface area contributed by atoms with Gasteiger partial charge in [0.25, 0.3) is 10.9 Å². The smallest absolute Gasteiger partial charge is 0.292 e. The van der Waals surface area contributed by atoms with Crippen molar-refractivity contribution in [3.63, 3.8) is 0 Å². The molecule has 2 aromatic carbocycles. The number of hydrogen-bond donors (Lipinski definition) is 1. The van der Waals surface area contributed by atoms with Crippen molar-refractivity contribution in [1.29, 1.82) is 0 Å². The monoisotopic (exact) mass is 397 g/mol. The van der Waals surface area contributed by atoms with Crippen molar-refractivity contribution in [3.05, 3.63) is 63.4 Å². The summed E-state index contributed by atoms with van der Waals surface area (Å²) in [6.45, 7) is 0. The van der Waals surface area contributed by atoms with Gasteiger partial charge in [-0.2, -0.15) is 0 Å². The molecule has 7 nitrogen and oxygen atoms in total. The lowest BCUT2D eigenvalue weighted by Crippen LogP contribution is -2.25. The van der Waals surface area contributed by atoms with E-state index in [0.29, 0.717) is 11.8 Å². The minimum Gasteiger partial charge on any atom is -0.320 e. The van der Waals surface area contributed by atoms with Crippen molar-refractivity contribution in [3.8, 4) is 0 Å². The summed E-state index contributed by atoms with van der Waals surface area (Å²) in [5.74, 6) is -1.63. The van der Waals surface area contributed by atoms with Gasteiger partial charge in [0, 0.05) is 13.1 Å². The summed E-state index contributed by atoms with van der Waals surface area (Å²) >= 11 is 6.31. The van der Waals surface area contributed by atoms with Gasteiger partial charge in [0.05, 0.1) is 21.4 Å². The summed E-state index contributed by atoms with van der Waals surface area (Å²) in [6, 6.07) is 9.88. The molecule has 0 heterocycles. The van der Waals surface area contributed by atoms with Crippen LogP contribution < -0.4 is 10.2 Å². The van der Waals surface area contributed by atoms with E-state index in [-0.39, 0.29) is 27.8 Å². The molecule has 0 aliphatic rings. The minimum absolute atomic E-state index is 0.0193. The van der Waals surface area contributed by atoms with Gasteiger partial charge in [-0.1, -0.05) is 41.6 Å². The van der Waals surface area contributed by atoms with Gasteiger partial charge in [0.1, 0.15) is 5.69 Å². The molecular weight excluding hydrogens is 385 g/mol. The summed E-state index contributed by atoms with van der Waals surface area (Å²) in [4.78, 5) is 35.4. The largest absolute Gasteiger partial charge is 0.320 e. The third-order valence-electron chi connectivity index (χ3n) is 3.27. The Morgan fingerprint density at radius 1 is 1.27 bits per heavy atom. The van der Waals surface area contributed by atoms with Crippen molar-refractivity contribution in [2.24, 2.45) is 0 Å². The molecular formula is C16H13ClFN3O4S. The van der Waals surface area contributed by atoms with Crippen LogP contribution in [0, 0.1) is 15.9 Å². The zero-order valence-corrected chi connectivity index (χ0v) is 15.0. The second-order valence-corrected chi connectivity index (χ2v) is 6.34. The average molecular weight is 398 g/mol. The molecule has 0 radical (unpaired) electrons. The number of nitro groups is 1. The van der Waals surface area contributed by atoms with E-state index in [4.69, 9.17) is 11.6 Å². The van der Waals surface area contributed by atoms with Crippen LogP contribution in [0.4, 0.5) is 26.2 Å². The van der Waals surface area contributed by atoms with Crippen LogP contribution in [0.3, 0.4) is 0 Å². The molecule has 2 rings (SSSR count). The minimum atomic E-state index is -0.741. The lowest BCUT2D eigenvalue weighted by molar-refractivity contribution is -0.383. The number of halogens is 2. The Bertz CT molecular complexity index is 865. The number of hydrogen-bond acceptors (Lipinski definition) is 5. The zero-order valence-electron chi connectivity index (χ0n) is 13.4. The first-order chi connectivity index (χ1) is 12.3. The first-order valence-corrected chi connectivity index (χ1v) is 8.55. The molecule has 136 valence electrons. The molecule has 0 spiro atoms. The van der Waals surface area contributed by atoms with Gasteiger partial charge < -0.3 is 10.2 Å². The highest BCUT2D eigenvalue weighted by molar-refractivity contribution is 8.14. The molecule has 26 heavy (non-hydrogen) atoms. The van der Waals surface area contributed by atoms with Crippen molar-refractivity contribution in [1.82, 2.24) is 0 Å². The summed E-state index contributed by atoms with van der Waals surface area (Å²) in [5, 5.41) is 12.6. The highest BCUT2D eigenvalue weighted by Crippen LogP contribution is 2.27. The Morgan fingerprint density at radius 2 is 1.96 bits per heavy atom. The summed E-state index contributed by atoms with van der Waals surface area (Å²) in [5.41, 5.74) is -0.241. The fraction of sp³-hybridized carbons (Fsp3) is 0.125. The highest BCUT2D eigenvalue weighted by Gasteiger charge is 2.19. The van der Waals surface area contributed by atoms with Gasteiger partial charge in [0.2, 0.25) is 5.91 Å². The predicted octanol–water partition coefficient (Wildman–Crippen LogP) is 4.32. The molecule has 2 amide bonds. The van der Waals surface area contributed by atoms with Crippen LogP contribution in [0.2, 0.25) is 5.02 Å². The van der Waals surface area contributed by atoms with Crippen molar-refractivity contribution in [2.75, 3.05) is 23.0 Å². The Kier molecular flexibility index (Phi) is 6.53. The quantitative estimate of drug-likeness (QED) is 0.599. The van der Waals surface area contributed by atoms with Crippen LogP contribution in [-0.4, -0.2) is 28.9 Å². The molecule has 0 aliphatic carbocycles. The number of anilines is 2. The Balaban J connectivity index is 1.98. The Hall–Kier alpha value is -2.65. The number of rotatable bonds is 5. The molecule has 0 saturated heterocycles. The van der Waals surface area contributed by atoms with Gasteiger partial charge in [0.15, 0.2) is 5.82 Å². The van der Waals surface area contributed by atoms with E-state index in [2.05, 4.69) is 5.32 Å². The highest BCUT2D eigenvalue weighted by atomic mass is 35.5. The molecule has 0 bridgehead atoms. The van der Waals surface area contributed by atoms with Crippen LogP contribution in [0.25, 0.3) is 0 Å². The van der Waals surface area contributed by atoms with Crippen molar-refractivity contribution in [2.45, 2.75) is 0 Å². The average Bonchev–Trinajstić information content (AvgIpc) is 2.61. The third kappa shape index (κ3) is 4.70. The summed E-state index contributed by atoms with van der Waals surface area (Å²) < 4.78 is 13.9. The van der Waals surface area contributed by atoms with E-state index in [1.165, 1.54) is 49.5 Å². The SMILES string of the molecule is CN(C(=O)SCC(=O)Nc1ccccc1[N+](=O)[O-])c1cccc(Cl)c1F. The van der Waals surface area contributed by atoms with Gasteiger partial charge in [-0.05, 0) is 18.2 Å². The number of nitro benzene ring substituents is 1. The van der Waals surface area contributed by atoms with Crippen LogP contribution in [0.5, 0.6) is 0 Å². The van der Waals surface area contributed by atoms with E-state index in [0.717, 1.165) is 4.90 Å². The third-order valence-corrected chi connectivity index (χ3v) is 4.49. The number of nitrogens with zero attached hydrogens (tertiary/aromatic N) is 2. The van der Waals surface area contributed by atoms with E-state index < -0.39 is 21.9 Å². The second-order valence-electron chi connectivity index (χ2n) is 5.01. The van der Waals surface area contributed by atoms with Gasteiger partial charge >= 0.3 is 0 Å². The molecule has 2 aromatic rings. The number of thioether (sulfide) groups is 1. The first kappa shape index (κ1) is 19.7. The predicted molar refractivity (Wildman–Crippen MR) is 99.4 cm³/mol. The van der Waals surface area contributed by atoms with Crippen molar-refractivity contribution >= 4 is 51.6 Å². The van der Waals surface area contributed by atoms with Gasteiger partial charge in [-0.15, -0.1) is 0 Å². The normalized spacial score (nSPS) is 10.3. The zero-order chi connectivity index (χ0) is 19.3. The Labute approximate surface area is 157 Å². The van der Waals surface area contributed by atoms with Crippen LogP contribution in [-0.2, 0) is 4.79 Å². The van der Waals surface area contributed by atoms with E-state index >= 15 is 0 Å². The number of benzene rings is 2. The first-order valence-electron chi connectivity index (χ1n) is 7.19. The fourth-order valence-corrected chi connectivity index (χ4v) is 2.79. The van der Waals surface area contributed by atoms with E-state index in [9.17, 15) is 24.1 Å². The summed E-state index contributed by atoms with van der Waals surface area (Å²) in [7, 11) is 1.35. The van der Waals surface area contributed by atoms with E-state index in [1.807, 2.05) is 0 Å². The standard InChI is InChI=1S/C16H13ClFN3O4S/c1-20(13-8-4-5-10(17)15(13)18)16(23)26-9-14(22)19-11-6-2-3-7-12(11)21(24)25/h2-8H,9H2,1H3,(H,19,22). The van der Waals surface area contributed by atoms with Gasteiger partial charge in [-0.25, -0.2) is 4.39 Å². The molecule has 0 aliphatic heterocycles. The maximum atomic E-state index is 13.9. The molecule has 10 heteroatoms.